The molecule has 2 amide bonds. The van der Waals surface area contributed by atoms with Crippen LogP contribution in [0.25, 0.3) is 0 Å². The average Bonchev–Trinajstić information content (AvgIpc) is 2.48. The summed E-state index contributed by atoms with van der Waals surface area (Å²) < 4.78 is 0.809. The van der Waals surface area contributed by atoms with Gasteiger partial charge in [-0.05, 0) is 17.7 Å². The highest BCUT2D eigenvalue weighted by atomic mass is 79.9. The molecule has 1 aromatic carbocycles. The maximum absolute atomic E-state index is 12.2. The van der Waals surface area contributed by atoms with Gasteiger partial charge in [-0.25, -0.2) is 9.80 Å². The number of nitrogens with one attached hydrogen (secondary N) is 1. The van der Waals surface area contributed by atoms with Gasteiger partial charge in [0.2, 0.25) is 5.91 Å². The Labute approximate surface area is 135 Å². The van der Waals surface area contributed by atoms with E-state index < -0.39 is 17.9 Å². The van der Waals surface area contributed by atoms with E-state index in [4.69, 9.17) is 0 Å². The third-order valence-corrected chi connectivity index (χ3v) is 3.72. The normalized spacial score (nSPS) is 16.0. The van der Waals surface area contributed by atoms with Crippen LogP contribution in [0, 0.1) is 0 Å². The van der Waals surface area contributed by atoms with Crippen LogP contribution in [-0.4, -0.2) is 40.7 Å². The van der Waals surface area contributed by atoms with Crippen LogP contribution in [0.2, 0.25) is 0 Å². The third-order valence-electron chi connectivity index (χ3n) is 3.20. The highest BCUT2D eigenvalue weighted by molar-refractivity contribution is 9.10. The van der Waals surface area contributed by atoms with Crippen molar-refractivity contribution in [2.45, 2.75) is 18.9 Å². The first-order valence-electron chi connectivity index (χ1n) is 6.51. The van der Waals surface area contributed by atoms with Gasteiger partial charge in [0, 0.05) is 24.4 Å². The Hall–Kier alpha value is -2.22. The third kappa shape index (κ3) is 3.70. The molecule has 0 aromatic heterocycles. The number of rotatable bonds is 4. The monoisotopic (exact) mass is 367 g/mol. The smallest absolute Gasteiger partial charge is 0.330 e. The van der Waals surface area contributed by atoms with Gasteiger partial charge in [0.1, 0.15) is 5.71 Å². The quantitative estimate of drug-likeness (QED) is 0.837. The molecule has 0 fully saturated rings. The average molecular weight is 368 g/mol. The van der Waals surface area contributed by atoms with Gasteiger partial charge in [0.15, 0.2) is 6.04 Å². The van der Waals surface area contributed by atoms with Gasteiger partial charge in [-0.3, -0.25) is 9.59 Å². The van der Waals surface area contributed by atoms with Crippen LogP contribution in [0.3, 0.4) is 0 Å². The van der Waals surface area contributed by atoms with Crippen LogP contribution < -0.4 is 5.32 Å². The number of carboxylic acids is 1. The van der Waals surface area contributed by atoms with E-state index in [-0.39, 0.29) is 24.5 Å². The molecular formula is C14H14BrN3O4. The summed E-state index contributed by atoms with van der Waals surface area (Å²) in [5.41, 5.74) is 0.593. The first kappa shape index (κ1) is 16.2. The summed E-state index contributed by atoms with van der Waals surface area (Å²) in [6, 6.07) is 5.44. The summed E-state index contributed by atoms with van der Waals surface area (Å²) in [7, 11) is 1.46. The second kappa shape index (κ2) is 6.69. The van der Waals surface area contributed by atoms with Crippen molar-refractivity contribution in [3.8, 4) is 0 Å². The Bertz CT molecular complexity index is 642. The van der Waals surface area contributed by atoms with E-state index in [2.05, 4.69) is 26.3 Å². The van der Waals surface area contributed by atoms with E-state index in [1.807, 2.05) is 0 Å². The lowest BCUT2D eigenvalue weighted by Gasteiger charge is -2.21. The number of hydrazone groups is 1. The Morgan fingerprint density at radius 2 is 1.95 bits per heavy atom. The van der Waals surface area contributed by atoms with Crippen molar-refractivity contribution in [3.05, 3.63) is 34.3 Å². The van der Waals surface area contributed by atoms with E-state index in [1.165, 1.54) is 7.05 Å². The number of hydrogen-bond acceptors (Lipinski definition) is 4. The molecule has 1 heterocycles. The molecule has 7 nitrogen and oxygen atoms in total. The Balaban J connectivity index is 2.16. The first-order chi connectivity index (χ1) is 10.4. The highest BCUT2D eigenvalue weighted by Crippen LogP contribution is 2.18. The minimum Gasteiger partial charge on any atom is -0.479 e. The number of amides is 2. The number of hydrogen-bond donors (Lipinski definition) is 2. The predicted molar refractivity (Wildman–Crippen MR) is 82.1 cm³/mol. The number of carbonyl (C=O) groups is 3. The lowest BCUT2D eigenvalue weighted by Crippen LogP contribution is -2.41. The van der Waals surface area contributed by atoms with Gasteiger partial charge in [0.25, 0.3) is 5.91 Å². The van der Waals surface area contributed by atoms with Crippen LogP contribution in [0.4, 0.5) is 0 Å². The van der Waals surface area contributed by atoms with Gasteiger partial charge < -0.3 is 10.4 Å². The first-order valence-corrected chi connectivity index (χ1v) is 7.31. The number of carbonyl (C=O) groups excluding carboxylic acids is 2. The predicted octanol–water partition coefficient (Wildman–Crippen LogP) is 1.30. The van der Waals surface area contributed by atoms with Crippen LogP contribution in [0.1, 0.15) is 24.4 Å². The minimum atomic E-state index is -1.17. The van der Waals surface area contributed by atoms with Crippen molar-refractivity contribution < 1.29 is 19.5 Å². The summed E-state index contributed by atoms with van der Waals surface area (Å²) in [4.78, 5) is 34.9. The van der Waals surface area contributed by atoms with E-state index in [1.54, 1.807) is 24.3 Å². The molecule has 1 aliphatic rings. The van der Waals surface area contributed by atoms with Gasteiger partial charge in [0.05, 0.1) is 0 Å². The van der Waals surface area contributed by atoms with Crippen LogP contribution in [0.15, 0.2) is 33.8 Å². The zero-order valence-electron chi connectivity index (χ0n) is 11.7. The largest absolute Gasteiger partial charge is 0.479 e. The van der Waals surface area contributed by atoms with Crippen molar-refractivity contribution in [2.24, 2.45) is 5.10 Å². The molecule has 0 aliphatic carbocycles. The molecule has 116 valence electrons. The topological polar surface area (TPSA) is 99.1 Å². The fraction of sp³-hybridized carbons (Fsp3) is 0.286. The SMILES string of the molecule is CN1N=C(C(=O)NC(C(=O)O)c2ccc(Br)cc2)CCC1=O. The maximum atomic E-state index is 12.2. The second-order valence-electron chi connectivity index (χ2n) is 4.76. The Kier molecular flexibility index (Phi) is 4.92. The molecule has 8 heteroatoms. The Morgan fingerprint density at radius 1 is 1.32 bits per heavy atom. The maximum Gasteiger partial charge on any atom is 0.330 e. The summed E-state index contributed by atoms with van der Waals surface area (Å²) in [5.74, 6) is -1.94. The molecule has 1 unspecified atom stereocenters. The molecule has 2 rings (SSSR count). The fourth-order valence-corrected chi connectivity index (χ4v) is 2.25. The van der Waals surface area contributed by atoms with Gasteiger partial charge in [-0.2, -0.15) is 5.10 Å². The zero-order valence-corrected chi connectivity index (χ0v) is 13.3. The van der Waals surface area contributed by atoms with Crippen LogP contribution in [0.5, 0.6) is 0 Å². The van der Waals surface area contributed by atoms with Crippen molar-refractivity contribution in [3.63, 3.8) is 0 Å². The van der Waals surface area contributed by atoms with Crippen molar-refractivity contribution in [2.75, 3.05) is 7.05 Å². The standard InChI is InChI=1S/C14H14BrN3O4/c1-18-11(19)7-6-10(17-18)13(20)16-12(14(21)22)8-2-4-9(15)5-3-8/h2-5,12H,6-7H2,1H3,(H,16,20)(H,21,22). The van der Waals surface area contributed by atoms with Gasteiger partial charge >= 0.3 is 5.97 Å². The molecule has 0 saturated heterocycles. The fourth-order valence-electron chi connectivity index (χ4n) is 1.99. The minimum absolute atomic E-state index is 0.144. The number of benzene rings is 1. The molecule has 0 saturated carbocycles. The molecule has 2 N–H and O–H groups in total. The molecule has 0 radical (unpaired) electrons. The lowest BCUT2D eigenvalue weighted by atomic mass is 10.1. The zero-order chi connectivity index (χ0) is 16.3. The number of nitrogens with zero attached hydrogens (tertiary/aromatic N) is 2. The van der Waals surface area contributed by atoms with Crippen LogP contribution in [-0.2, 0) is 14.4 Å². The Morgan fingerprint density at radius 3 is 2.50 bits per heavy atom. The summed E-state index contributed by atoms with van der Waals surface area (Å²) >= 11 is 3.27. The van der Waals surface area contributed by atoms with Crippen molar-refractivity contribution in [1.29, 1.82) is 0 Å². The van der Waals surface area contributed by atoms with Crippen molar-refractivity contribution in [1.82, 2.24) is 10.3 Å². The lowest BCUT2D eigenvalue weighted by molar-refractivity contribution is -0.141. The van der Waals surface area contributed by atoms with Crippen molar-refractivity contribution >= 4 is 39.4 Å². The number of halogens is 1. The molecule has 1 aromatic rings. The van der Waals surface area contributed by atoms with E-state index in [0.29, 0.717) is 5.56 Å². The van der Waals surface area contributed by atoms with E-state index >= 15 is 0 Å². The second-order valence-corrected chi connectivity index (χ2v) is 5.68. The number of carboxylic acid groups (broad SMARTS) is 1. The van der Waals surface area contributed by atoms with E-state index in [9.17, 15) is 19.5 Å². The molecular weight excluding hydrogens is 354 g/mol. The molecule has 1 atom stereocenters. The number of aliphatic carboxylic acids is 1. The van der Waals surface area contributed by atoms with E-state index in [0.717, 1.165) is 9.48 Å². The van der Waals surface area contributed by atoms with Gasteiger partial charge in [-0.1, -0.05) is 28.1 Å². The summed E-state index contributed by atoms with van der Waals surface area (Å²) in [6.07, 6.45) is 0.375. The molecule has 22 heavy (non-hydrogen) atoms. The van der Waals surface area contributed by atoms with Gasteiger partial charge in [-0.15, -0.1) is 0 Å². The summed E-state index contributed by atoms with van der Waals surface area (Å²) in [6.45, 7) is 0. The summed E-state index contributed by atoms with van der Waals surface area (Å²) in [5, 5.41) is 16.7. The van der Waals surface area contributed by atoms with Crippen LogP contribution >= 0.6 is 15.9 Å². The molecule has 0 spiro atoms. The molecule has 0 bridgehead atoms. The highest BCUT2D eigenvalue weighted by Gasteiger charge is 2.27. The molecule has 1 aliphatic heterocycles.